The van der Waals surface area contributed by atoms with E-state index in [-0.39, 0.29) is 21.4 Å². The number of benzene rings is 2. The zero-order chi connectivity index (χ0) is 21.1. The first kappa shape index (κ1) is 20.6. The van der Waals surface area contributed by atoms with E-state index in [4.69, 9.17) is 23.2 Å². The van der Waals surface area contributed by atoms with Gasteiger partial charge in [-0.1, -0.05) is 41.4 Å². The van der Waals surface area contributed by atoms with Crippen molar-refractivity contribution in [2.75, 3.05) is 0 Å². The van der Waals surface area contributed by atoms with Crippen LogP contribution >= 0.6 is 23.2 Å². The molecule has 7 nitrogen and oxygen atoms in total. The minimum atomic E-state index is -1.17. The topological polar surface area (TPSA) is 104 Å². The molecule has 2 aromatic carbocycles. The normalized spacial score (nSPS) is 11.8. The van der Waals surface area contributed by atoms with Gasteiger partial charge in [0.2, 0.25) is 0 Å². The van der Waals surface area contributed by atoms with Crippen LogP contribution in [-0.4, -0.2) is 26.8 Å². The number of amides is 1. The second kappa shape index (κ2) is 8.50. The summed E-state index contributed by atoms with van der Waals surface area (Å²) in [5.74, 6) is -2.45. The fourth-order valence-electron chi connectivity index (χ4n) is 2.76. The Hall–Kier alpha value is -3.10. The Morgan fingerprint density at radius 1 is 1.17 bits per heavy atom. The molecular weight excluding hydrogens is 424 g/mol. The summed E-state index contributed by atoms with van der Waals surface area (Å²) in [5, 5.41) is 14.6. The molecule has 1 aromatic heterocycles. The molecule has 3 rings (SSSR count). The number of hydrogen-bond acceptors (Lipinski definition) is 3. The molecular formula is C19H14Cl2FN3O4. The van der Waals surface area contributed by atoms with Gasteiger partial charge in [-0.15, -0.1) is 0 Å². The third-order valence-corrected chi connectivity index (χ3v) is 4.91. The molecule has 3 aromatic rings. The molecule has 0 aliphatic rings. The van der Waals surface area contributed by atoms with Crippen LogP contribution in [0.2, 0.25) is 10.0 Å². The van der Waals surface area contributed by atoms with E-state index in [2.05, 4.69) is 10.4 Å². The Bertz CT molecular complexity index is 1140. The highest BCUT2D eigenvalue weighted by Gasteiger charge is 2.23. The molecule has 1 heterocycles. The number of carbonyl (C=O) groups excluding carboxylic acids is 1. The maximum Gasteiger partial charge on any atom is 0.305 e. The predicted octanol–water partition coefficient (Wildman–Crippen LogP) is 3.56. The molecule has 0 radical (unpaired) electrons. The molecule has 0 aliphatic heterocycles. The number of carboxylic acids is 1. The van der Waals surface area contributed by atoms with Crippen LogP contribution in [0.25, 0.3) is 5.69 Å². The van der Waals surface area contributed by atoms with E-state index < -0.39 is 35.7 Å². The summed E-state index contributed by atoms with van der Waals surface area (Å²) >= 11 is 12.1. The number of aliphatic carboxylic acids is 1. The predicted molar refractivity (Wildman–Crippen MR) is 105 cm³/mol. The summed E-state index contributed by atoms with van der Waals surface area (Å²) in [7, 11) is 0. The number of aromatic amines is 1. The summed E-state index contributed by atoms with van der Waals surface area (Å²) in [5.41, 5.74) is -0.194. The zero-order valence-electron chi connectivity index (χ0n) is 14.7. The first-order chi connectivity index (χ1) is 13.8. The van der Waals surface area contributed by atoms with E-state index in [1.54, 1.807) is 12.1 Å². The molecule has 0 fully saturated rings. The summed E-state index contributed by atoms with van der Waals surface area (Å²) in [6.45, 7) is 0. The smallest absolute Gasteiger partial charge is 0.305 e. The van der Waals surface area contributed by atoms with Gasteiger partial charge in [0.1, 0.15) is 11.5 Å². The number of hydrogen-bond donors (Lipinski definition) is 3. The Morgan fingerprint density at radius 3 is 2.59 bits per heavy atom. The van der Waals surface area contributed by atoms with Crippen LogP contribution < -0.4 is 10.9 Å². The van der Waals surface area contributed by atoms with Crippen LogP contribution in [0.15, 0.2) is 53.3 Å². The van der Waals surface area contributed by atoms with Crippen molar-refractivity contribution in [2.45, 2.75) is 12.5 Å². The van der Waals surface area contributed by atoms with Gasteiger partial charge < -0.3 is 10.4 Å². The lowest BCUT2D eigenvalue weighted by molar-refractivity contribution is -0.137. The van der Waals surface area contributed by atoms with Gasteiger partial charge in [-0.25, -0.2) is 9.07 Å². The van der Waals surface area contributed by atoms with E-state index in [1.165, 1.54) is 24.3 Å². The molecule has 0 aliphatic carbocycles. The van der Waals surface area contributed by atoms with Crippen molar-refractivity contribution in [2.24, 2.45) is 0 Å². The van der Waals surface area contributed by atoms with Gasteiger partial charge in [0.05, 0.1) is 28.2 Å². The lowest BCUT2D eigenvalue weighted by Crippen LogP contribution is -2.30. The second-order valence-electron chi connectivity index (χ2n) is 6.09. The lowest BCUT2D eigenvalue weighted by atomic mass is 10.0. The first-order valence-corrected chi connectivity index (χ1v) is 9.06. The van der Waals surface area contributed by atoms with Crippen molar-refractivity contribution in [3.8, 4) is 5.69 Å². The quantitative estimate of drug-likeness (QED) is 0.548. The molecule has 150 valence electrons. The summed E-state index contributed by atoms with van der Waals surface area (Å²) in [6.07, 6.45) is -0.458. The minimum Gasteiger partial charge on any atom is -0.481 e. The molecule has 0 unspecified atom stereocenters. The van der Waals surface area contributed by atoms with Crippen LogP contribution in [0.5, 0.6) is 0 Å². The SMILES string of the molecule is O=C(O)C[C@H](NC(=O)c1cc(=O)n(-c2cccc(F)c2)[nH]1)c1cccc(Cl)c1Cl. The third-order valence-electron chi connectivity index (χ3n) is 4.07. The van der Waals surface area contributed by atoms with E-state index in [0.717, 1.165) is 16.8 Å². The van der Waals surface area contributed by atoms with Gasteiger partial charge in [0.15, 0.2) is 0 Å². The minimum absolute atomic E-state index is 0.117. The molecule has 0 spiro atoms. The van der Waals surface area contributed by atoms with Crippen LogP contribution in [0.3, 0.4) is 0 Å². The fraction of sp³-hybridized carbons (Fsp3) is 0.105. The van der Waals surface area contributed by atoms with Crippen molar-refractivity contribution in [1.82, 2.24) is 15.1 Å². The standard InChI is InChI=1S/C19H14Cl2FN3O4/c20-13-6-2-5-12(18(13)21)14(9-17(27)28)23-19(29)15-8-16(26)25(24-15)11-4-1-3-10(22)7-11/h1-8,14,24H,9H2,(H,23,29)(H,27,28)/t14-/m0/s1. The second-order valence-corrected chi connectivity index (χ2v) is 6.88. The Kier molecular flexibility index (Phi) is 6.05. The van der Waals surface area contributed by atoms with Gasteiger partial charge >= 0.3 is 5.97 Å². The van der Waals surface area contributed by atoms with Crippen LogP contribution in [0.4, 0.5) is 4.39 Å². The maximum absolute atomic E-state index is 13.4. The molecule has 1 atom stereocenters. The molecule has 1 amide bonds. The number of aromatic nitrogens is 2. The van der Waals surface area contributed by atoms with Gasteiger partial charge in [-0.05, 0) is 29.8 Å². The molecule has 29 heavy (non-hydrogen) atoms. The number of carboxylic acid groups (broad SMARTS) is 1. The highest BCUT2D eigenvalue weighted by Crippen LogP contribution is 2.31. The Morgan fingerprint density at radius 2 is 1.90 bits per heavy atom. The van der Waals surface area contributed by atoms with Gasteiger partial charge in [-0.3, -0.25) is 19.5 Å². The molecule has 0 saturated carbocycles. The monoisotopic (exact) mass is 437 g/mol. The number of halogens is 3. The zero-order valence-corrected chi connectivity index (χ0v) is 16.2. The average molecular weight is 438 g/mol. The Labute approximate surface area is 173 Å². The van der Waals surface area contributed by atoms with Crippen LogP contribution in [0, 0.1) is 5.82 Å². The maximum atomic E-state index is 13.4. The third kappa shape index (κ3) is 4.67. The number of nitrogens with one attached hydrogen (secondary N) is 2. The largest absolute Gasteiger partial charge is 0.481 e. The van der Waals surface area contributed by atoms with Gasteiger partial charge in [0.25, 0.3) is 11.5 Å². The van der Waals surface area contributed by atoms with E-state index >= 15 is 0 Å². The molecule has 3 N–H and O–H groups in total. The van der Waals surface area contributed by atoms with Crippen LogP contribution in [0.1, 0.15) is 28.5 Å². The highest BCUT2D eigenvalue weighted by molar-refractivity contribution is 6.42. The lowest BCUT2D eigenvalue weighted by Gasteiger charge is -2.18. The van der Waals surface area contributed by atoms with Gasteiger partial charge in [0, 0.05) is 6.07 Å². The fourth-order valence-corrected chi connectivity index (χ4v) is 3.20. The number of nitrogens with zero attached hydrogens (tertiary/aromatic N) is 1. The number of H-pyrrole nitrogens is 1. The summed E-state index contributed by atoms with van der Waals surface area (Å²) in [4.78, 5) is 36.1. The summed E-state index contributed by atoms with van der Waals surface area (Å²) in [6, 6.07) is 9.93. The van der Waals surface area contributed by atoms with Crippen molar-refractivity contribution in [1.29, 1.82) is 0 Å². The van der Waals surface area contributed by atoms with Crippen molar-refractivity contribution in [3.63, 3.8) is 0 Å². The summed E-state index contributed by atoms with van der Waals surface area (Å²) < 4.78 is 14.4. The van der Waals surface area contributed by atoms with Crippen molar-refractivity contribution >= 4 is 35.1 Å². The first-order valence-electron chi connectivity index (χ1n) is 8.31. The number of carbonyl (C=O) groups is 2. The van der Waals surface area contributed by atoms with Crippen molar-refractivity contribution < 1.29 is 19.1 Å². The molecule has 0 saturated heterocycles. The van der Waals surface area contributed by atoms with E-state index in [1.807, 2.05) is 0 Å². The van der Waals surface area contributed by atoms with E-state index in [0.29, 0.717) is 5.56 Å². The average Bonchev–Trinajstić information content (AvgIpc) is 3.05. The molecule has 0 bridgehead atoms. The highest BCUT2D eigenvalue weighted by atomic mass is 35.5. The van der Waals surface area contributed by atoms with Gasteiger partial charge in [-0.2, -0.15) is 0 Å². The van der Waals surface area contributed by atoms with Crippen molar-refractivity contribution in [3.05, 3.63) is 86.0 Å². The number of rotatable bonds is 6. The molecule has 10 heteroatoms. The van der Waals surface area contributed by atoms with E-state index in [9.17, 15) is 23.9 Å². The Balaban J connectivity index is 1.91. The van der Waals surface area contributed by atoms with Crippen LogP contribution in [-0.2, 0) is 4.79 Å².